The number of phenols is 1. The second-order valence-electron chi connectivity index (χ2n) is 6.47. The van der Waals surface area contributed by atoms with Crippen molar-refractivity contribution in [1.29, 1.82) is 0 Å². The van der Waals surface area contributed by atoms with Crippen LogP contribution in [0.1, 0.15) is 17.5 Å². The van der Waals surface area contributed by atoms with Crippen molar-refractivity contribution in [3.05, 3.63) is 26.8 Å². The summed E-state index contributed by atoms with van der Waals surface area (Å²) in [5, 5.41) is 10.2. The maximum atomic E-state index is 10.2. The molecule has 5 heteroatoms. The highest BCUT2D eigenvalue weighted by molar-refractivity contribution is 14.1. The maximum Gasteiger partial charge on any atom is 0.123 e. The topological polar surface area (TPSA) is 30.0 Å². The van der Waals surface area contributed by atoms with Crippen LogP contribution in [0.25, 0.3) is 0 Å². The first-order valence-corrected chi connectivity index (χ1v) is 9.11. The third-order valence-electron chi connectivity index (χ3n) is 4.39. The maximum absolute atomic E-state index is 10.2. The van der Waals surface area contributed by atoms with Gasteiger partial charge in [0.2, 0.25) is 0 Å². The van der Waals surface area contributed by atoms with Gasteiger partial charge < -0.3 is 19.8 Å². The van der Waals surface area contributed by atoms with Crippen molar-refractivity contribution < 1.29 is 5.11 Å². The van der Waals surface area contributed by atoms with Gasteiger partial charge in [0.1, 0.15) is 5.75 Å². The van der Waals surface area contributed by atoms with E-state index < -0.39 is 0 Å². The average Bonchev–Trinajstić information content (AvgIpc) is 2.46. The Morgan fingerprint density at radius 1 is 1.23 bits per heavy atom. The zero-order valence-electron chi connectivity index (χ0n) is 14.0. The summed E-state index contributed by atoms with van der Waals surface area (Å²) in [4.78, 5) is 7.26. The van der Waals surface area contributed by atoms with Gasteiger partial charge in [-0.05, 0) is 80.8 Å². The molecule has 0 amide bonds. The van der Waals surface area contributed by atoms with Gasteiger partial charge in [-0.15, -0.1) is 0 Å². The van der Waals surface area contributed by atoms with Crippen molar-refractivity contribution in [1.82, 2.24) is 14.7 Å². The quantitative estimate of drug-likeness (QED) is 0.721. The monoisotopic (exact) mass is 417 g/mol. The molecule has 1 aromatic rings. The van der Waals surface area contributed by atoms with Crippen molar-refractivity contribution in [3.8, 4) is 5.75 Å². The lowest BCUT2D eigenvalue weighted by Crippen LogP contribution is -2.45. The Labute approximate surface area is 148 Å². The molecule has 0 spiro atoms. The number of hydrogen-bond donors (Lipinski definition) is 1. The highest BCUT2D eigenvalue weighted by atomic mass is 127. The lowest BCUT2D eigenvalue weighted by Gasteiger charge is -2.32. The van der Waals surface area contributed by atoms with Crippen LogP contribution in [0.3, 0.4) is 0 Å². The first kappa shape index (κ1) is 18.0. The Balaban J connectivity index is 1.75. The van der Waals surface area contributed by atoms with Crippen LogP contribution >= 0.6 is 22.6 Å². The van der Waals surface area contributed by atoms with E-state index in [0.29, 0.717) is 5.75 Å². The summed E-state index contributed by atoms with van der Waals surface area (Å²) in [5.41, 5.74) is 2.00. The van der Waals surface area contributed by atoms with E-state index in [1.54, 1.807) is 0 Å². The van der Waals surface area contributed by atoms with Crippen LogP contribution < -0.4 is 0 Å². The predicted molar refractivity (Wildman–Crippen MR) is 100 cm³/mol. The molecule has 0 saturated carbocycles. The molecule has 1 N–H and O–H groups in total. The van der Waals surface area contributed by atoms with E-state index in [1.807, 2.05) is 13.0 Å². The molecule has 0 bridgehead atoms. The summed E-state index contributed by atoms with van der Waals surface area (Å²) in [6.45, 7) is 9.78. The minimum atomic E-state index is 0.450. The van der Waals surface area contributed by atoms with Gasteiger partial charge in [-0.25, -0.2) is 0 Å². The molecular formula is C17H28IN3O. The van der Waals surface area contributed by atoms with Gasteiger partial charge in [0.15, 0.2) is 0 Å². The minimum Gasteiger partial charge on any atom is -0.507 e. The van der Waals surface area contributed by atoms with Crippen molar-refractivity contribution >= 4 is 22.6 Å². The number of nitrogens with zero attached hydrogens (tertiary/aromatic N) is 3. The highest BCUT2D eigenvalue weighted by Gasteiger charge is 2.14. The first-order chi connectivity index (χ1) is 10.5. The van der Waals surface area contributed by atoms with Crippen LogP contribution in [0.2, 0.25) is 0 Å². The molecule has 0 atom stereocenters. The van der Waals surface area contributed by atoms with Crippen LogP contribution in [0, 0.1) is 10.5 Å². The molecular weight excluding hydrogens is 389 g/mol. The van der Waals surface area contributed by atoms with Crippen LogP contribution in [0.15, 0.2) is 12.1 Å². The van der Waals surface area contributed by atoms with Crippen LogP contribution in [-0.4, -0.2) is 73.2 Å². The first-order valence-electron chi connectivity index (χ1n) is 8.03. The number of benzene rings is 1. The molecule has 1 saturated heterocycles. The van der Waals surface area contributed by atoms with Gasteiger partial charge >= 0.3 is 0 Å². The summed E-state index contributed by atoms with van der Waals surface area (Å²) in [5.74, 6) is 0.450. The Kier molecular flexibility index (Phi) is 6.92. The summed E-state index contributed by atoms with van der Waals surface area (Å²) in [7, 11) is 4.33. The molecule has 1 aliphatic heterocycles. The van der Waals surface area contributed by atoms with Crippen molar-refractivity contribution in [2.45, 2.75) is 19.9 Å². The normalized spacial score (nSPS) is 17.3. The third-order valence-corrected chi connectivity index (χ3v) is 5.02. The Morgan fingerprint density at radius 3 is 2.59 bits per heavy atom. The van der Waals surface area contributed by atoms with Gasteiger partial charge in [-0.1, -0.05) is 0 Å². The number of likely N-dealkylation sites (N-methyl/N-ethyl adjacent to an activating group) is 1. The minimum absolute atomic E-state index is 0.450. The molecule has 1 aliphatic rings. The Morgan fingerprint density at radius 2 is 1.91 bits per heavy atom. The number of aryl methyl sites for hydroxylation is 1. The number of aromatic hydroxyl groups is 1. The lowest BCUT2D eigenvalue weighted by molar-refractivity contribution is 0.147. The van der Waals surface area contributed by atoms with E-state index >= 15 is 0 Å². The summed E-state index contributed by atoms with van der Waals surface area (Å²) in [6, 6.07) is 4.10. The van der Waals surface area contributed by atoms with E-state index in [2.05, 4.69) is 57.5 Å². The van der Waals surface area contributed by atoms with Crippen LogP contribution in [0.4, 0.5) is 0 Å². The molecule has 0 aromatic heterocycles. The van der Waals surface area contributed by atoms with Gasteiger partial charge in [0, 0.05) is 41.9 Å². The van der Waals surface area contributed by atoms with E-state index in [9.17, 15) is 5.11 Å². The number of phenolic OH excluding ortho intramolecular Hbond substituents is 1. The predicted octanol–water partition coefficient (Wildman–Crippen LogP) is 2.37. The molecule has 4 nitrogen and oxygen atoms in total. The number of piperazine rings is 1. The smallest absolute Gasteiger partial charge is 0.123 e. The van der Waals surface area contributed by atoms with Gasteiger partial charge in [0.25, 0.3) is 0 Å². The van der Waals surface area contributed by atoms with E-state index in [4.69, 9.17) is 0 Å². The zero-order valence-corrected chi connectivity index (χ0v) is 16.1. The van der Waals surface area contributed by atoms with Crippen LogP contribution in [-0.2, 0) is 6.54 Å². The summed E-state index contributed by atoms with van der Waals surface area (Å²) >= 11 is 2.31. The lowest BCUT2D eigenvalue weighted by atomic mass is 10.1. The number of hydrogen-bond acceptors (Lipinski definition) is 4. The zero-order chi connectivity index (χ0) is 16.1. The van der Waals surface area contributed by atoms with E-state index in [-0.39, 0.29) is 0 Å². The van der Waals surface area contributed by atoms with Crippen molar-refractivity contribution in [2.24, 2.45) is 0 Å². The molecule has 1 fully saturated rings. The second-order valence-corrected chi connectivity index (χ2v) is 7.71. The molecule has 0 aliphatic carbocycles. The fourth-order valence-electron chi connectivity index (χ4n) is 2.93. The van der Waals surface area contributed by atoms with Gasteiger partial charge in [0.05, 0.1) is 0 Å². The number of halogens is 1. The van der Waals surface area contributed by atoms with E-state index in [1.165, 1.54) is 42.7 Å². The molecule has 0 unspecified atom stereocenters. The fraction of sp³-hybridized carbons (Fsp3) is 0.647. The van der Waals surface area contributed by atoms with Crippen molar-refractivity contribution in [2.75, 3.05) is 53.4 Å². The fourth-order valence-corrected chi connectivity index (χ4v) is 3.77. The van der Waals surface area contributed by atoms with E-state index in [0.717, 1.165) is 24.2 Å². The largest absolute Gasteiger partial charge is 0.507 e. The highest BCUT2D eigenvalue weighted by Crippen LogP contribution is 2.25. The molecule has 1 aromatic carbocycles. The molecule has 2 rings (SSSR count). The Hall–Kier alpha value is -0.370. The average molecular weight is 417 g/mol. The SMILES string of the molecule is Cc1cc(I)cc(CN(C)CCCN2CCN(C)CC2)c1O. The second kappa shape index (κ2) is 8.47. The molecule has 22 heavy (non-hydrogen) atoms. The molecule has 124 valence electrons. The summed E-state index contributed by atoms with van der Waals surface area (Å²) in [6.07, 6.45) is 1.18. The third kappa shape index (κ3) is 5.37. The van der Waals surface area contributed by atoms with Crippen molar-refractivity contribution in [3.63, 3.8) is 0 Å². The van der Waals surface area contributed by atoms with Gasteiger partial charge in [-0.2, -0.15) is 0 Å². The summed E-state index contributed by atoms with van der Waals surface area (Å²) < 4.78 is 1.19. The standard InChI is InChI=1S/C17H28IN3O/c1-14-11-16(18)12-15(17(14)22)13-20(3)5-4-6-21-9-7-19(2)8-10-21/h11-12,22H,4-10,13H2,1-3H3. The van der Waals surface area contributed by atoms with Gasteiger partial charge in [-0.3, -0.25) is 0 Å². The molecule has 1 heterocycles. The Bertz CT molecular complexity index is 487. The van der Waals surface area contributed by atoms with Crippen LogP contribution in [0.5, 0.6) is 5.75 Å². The number of rotatable bonds is 6. The molecule has 0 radical (unpaired) electrons.